The third kappa shape index (κ3) is 4.21. The number of nitrogens with zero attached hydrogens (tertiary/aromatic N) is 3. The molecular formula is C48H33N3O. The second kappa shape index (κ2) is 11.4. The van der Waals surface area contributed by atoms with Crippen LogP contribution in [0.5, 0.6) is 5.75 Å². The maximum atomic E-state index is 6.89. The highest BCUT2D eigenvalue weighted by atomic mass is 16.5. The highest BCUT2D eigenvalue weighted by molar-refractivity contribution is 6.12. The van der Waals surface area contributed by atoms with E-state index in [1.807, 2.05) is 0 Å². The molecule has 0 N–H and O–H groups in total. The third-order valence-corrected chi connectivity index (χ3v) is 10.8. The fourth-order valence-corrected chi connectivity index (χ4v) is 8.60. The molecule has 0 saturated carbocycles. The molecule has 4 heterocycles. The Morgan fingerprint density at radius 2 is 0.827 bits per heavy atom. The fraction of sp³-hybridized carbons (Fsp3) is 0.0417. The minimum atomic E-state index is 0.445. The van der Waals surface area contributed by atoms with Crippen molar-refractivity contribution in [2.75, 3.05) is 6.61 Å². The molecule has 11 rings (SSSR count). The minimum Gasteiger partial charge on any atom is -0.487 e. The van der Waals surface area contributed by atoms with Gasteiger partial charge in [0.1, 0.15) is 12.4 Å². The van der Waals surface area contributed by atoms with Crippen LogP contribution in [0.4, 0.5) is 0 Å². The van der Waals surface area contributed by atoms with E-state index in [2.05, 4.69) is 190 Å². The van der Waals surface area contributed by atoms with Crippen LogP contribution in [0, 0.1) is 0 Å². The lowest BCUT2D eigenvalue weighted by Crippen LogP contribution is -2.07. The van der Waals surface area contributed by atoms with Gasteiger partial charge in [0.2, 0.25) is 0 Å². The first-order valence-electron chi connectivity index (χ1n) is 18.0. The number of rotatable bonds is 3. The first-order valence-corrected chi connectivity index (χ1v) is 18.0. The number of ether oxygens (including phenoxy) is 1. The summed E-state index contributed by atoms with van der Waals surface area (Å²) in [6.45, 7) is 0.445. The van der Waals surface area contributed by atoms with E-state index in [9.17, 15) is 0 Å². The van der Waals surface area contributed by atoms with Gasteiger partial charge in [-0.1, -0.05) is 115 Å². The van der Waals surface area contributed by atoms with Gasteiger partial charge in [-0.25, -0.2) is 0 Å². The van der Waals surface area contributed by atoms with Gasteiger partial charge in [0, 0.05) is 49.3 Å². The quantitative estimate of drug-likeness (QED) is 0.184. The van der Waals surface area contributed by atoms with Crippen molar-refractivity contribution in [1.29, 1.82) is 0 Å². The normalized spacial score (nSPS) is 14.4. The fourth-order valence-electron chi connectivity index (χ4n) is 8.60. The largest absolute Gasteiger partial charge is 0.487 e. The Balaban J connectivity index is 1.21. The summed E-state index contributed by atoms with van der Waals surface area (Å²) < 4.78 is 14.1. The van der Waals surface area contributed by atoms with Gasteiger partial charge in [0.15, 0.2) is 0 Å². The molecule has 0 saturated heterocycles. The maximum absolute atomic E-state index is 6.89. The van der Waals surface area contributed by atoms with Gasteiger partial charge in [0.25, 0.3) is 0 Å². The zero-order valence-corrected chi connectivity index (χ0v) is 28.4. The van der Waals surface area contributed by atoms with Crippen LogP contribution in [0.3, 0.4) is 0 Å². The summed E-state index contributed by atoms with van der Waals surface area (Å²) in [4.78, 5) is 0. The zero-order valence-electron chi connectivity index (χ0n) is 28.4. The van der Waals surface area contributed by atoms with Crippen molar-refractivity contribution < 1.29 is 4.74 Å². The Hall–Kier alpha value is -6.78. The number of aromatic nitrogens is 3. The molecule has 7 aromatic carbocycles. The first-order chi connectivity index (χ1) is 25.8. The topological polar surface area (TPSA) is 24.0 Å². The molecule has 0 atom stereocenters. The molecule has 4 heteroatoms. The Bertz CT molecular complexity index is 2950. The second-order valence-electron chi connectivity index (χ2n) is 13.6. The van der Waals surface area contributed by atoms with Crippen LogP contribution >= 0.6 is 0 Å². The highest BCUT2D eigenvalue weighted by Crippen LogP contribution is 2.41. The van der Waals surface area contributed by atoms with Gasteiger partial charge >= 0.3 is 0 Å². The predicted octanol–water partition coefficient (Wildman–Crippen LogP) is 12.0. The van der Waals surface area contributed by atoms with E-state index in [1.165, 1.54) is 54.4 Å². The summed E-state index contributed by atoms with van der Waals surface area (Å²) in [5, 5.41) is 7.46. The lowest BCUT2D eigenvalue weighted by atomic mass is 10.1. The predicted molar refractivity (Wildman–Crippen MR) is 217 cm³/mol. The number of hydrogen-bond acceptors (Lipinski definition) is 1. The average molecular weight is 668 g/mol. The van der Waals surface area contributed by atoms with Crippen molar-refractivity contribution in [3.63, 3.8) is 0 Å². The van der Waals surface area contributed by atoms with Gasteiger partial charge in [-0.2, -0.15) is 0 Å². The molecule has 0 aliphatic carbocycles. The number of hydrogen-bond donors (Lipinski definition) is 0. The standard InChI is InChI=1S/C48H33N3O/c1-7-21-41-35(15-1)36-16-2-8-22-42(36)49(41)33-14-13-29-52-48-32(27-28-33)30-34(50-43-23-9-3-17-37(43)38-18-4-10-24-44(38)50)31-47(48)51-45-25-11-5-19-39(45)40-20-6-12-26-46(40)51/h1-26,28,30-31H,27,29H2/b14-13?,33-28+. The molecule has 1 aliphatic heterocycles. The van der Waals surface area contributed by atoms with Gasteiger partial charge < -0.3 is 18.4 Å². The van der Waals surface area contributed by atoms with Gasteiger partial charge in [-0.15, -0.1) is 0 Å². The van der Waals surface area contributed by atoms with Crippen molar-refractivity contribution in [3.8, 4) is 17.1 Å². The Morgan fingerprint density at radius 1 is 0.423 bits per heavy atom. The molecule has 3 aromatic heterocycles. The van der Waals surface area contributed by atoms with Crippen molar-refractivity contribution in [1.82, 2.24) is 13.7 Å². The summed E-state index contributed by atoms with van der Waals surface area (Å²) in [5.41, 5.74) is 11.5. The van der Waals surface area contributed by atoms with Crippen molar-refractivity contribution in [3.05, 3.63) is 182 Å². The molecule has 0 bridgehead atoms. The van der Waals surface area contributed by atoms with Gasteiger partial charge in [-0.05, 0) is 67.1 Å². The molecule has 0 spiro atoms. The Kier molecular flexibility index (Phi) is 6.34. The van der Waals surface area contributed by atoms with Crippen LogP contribution in [0.1, 0.15) is 5.56 Å². The lowest BCUT2D eigenvalue weighted by Gasteiger charge is -2.20. The summed E-state index contributed by atoms with van der Waals surface area (Å²) in [6, 6.07) is 57.0. The molecule has 0 fully saturated rings. The maximum Gasteiger partial charge on any atom is 0.147 e. The molecular weight excluding hydrogens is 635 g/mol. The van der Waals surface area contributed by atoms with E-state index < -0.39 is 0 Å². The molecule has 1 aliphatic rings. The van der Waals surface area contributed by atoms with Crippen molar-refractivity contribution >= 4 is 71.1 Å². The number of benzene rings is 7. The van der Waals surface area contributed by atoms with Gasteiger partial charge in [-0.3, -0.25) is 0 Å². The summed E-state index contributed by atoms with van der Waals surface area (Å²) in [6.07, 6.45) is 7.43. The lowest BCUT2D eigenvalue weighted by molar-refractivity contribution is 0.359. The minimum absolute atomic E-state index is 0.445. The van der Waals surface area contributed by atoms with E-state index in [0.717, 1.165) is 39.4 Å². The van der Waals surface area contributed by atoms with Crippen LogP contribution in [-0.4, -0.2) is 20.3 Å². The van der Waals surface area contributed by atoms with Crippen LogP contribution in [-0.2, 0) is 6.42 Å². The van der Waals surface area contributed by atoms with Crippen LogP contribution in [0.2, 0.25) is 0 Å². The third-order valence-electron chi connectivity index (χ3n) is 10.8. The van der Waals surface area contributed by atoms with Crippen LogP contribution in [0.15, 0.2) is 176 Å². The van der Waals surface area contributed by atoms with E-state index in [4.69, 9.17) is 4.74 Å². The summed E-state index contributed by atoms with van der Waals surface area (Å²) >= 11 is 0. The van der Waals surface area contributed by atoms with Gasteiger partial charge in [0.05, 0.1) is 38.8 Å². The molecule has 0 amide bonds. The smallest absolute Gasteiger partial charge is 0.147 e. The van der Waals surface area contributed by atoms with Crippen LogP contribution in [0.25, 0.3) is 82.5 Å². The highest BCUT2D eigenvalue weighted by Gasteiger charge is 2.22. The second-order valence-corrected chi connectivity index (χ2v) is 13.6. The average Bonchev–Trinajstić information content (AvgIpc) is 3.85. The molecule has 10 aromatic rings. The zero-order chi connectivity index (χ0) is 34.2. The van der Waals surface area contributed by atoms with Crippen molar-refractivity contribution in [2.24, 2.45) is 0 Å². The molecule has 0 radical (unpaired) electrons. The summed E-state index contributed by atoms with van der Waals surface area (Å²) in [5.74, 6) is 0.903. The van der Waals surface area contributed by atoms with Crippen molar-refractivity contribution in [2.45, 2.75) is 6.42 Å². The van der Waals surface area contributed by atoms with E-state index >= 15 is 0 Å². The summed E-state index contributed by atoms with van der Waals surface area (Å²) in [7, 11) is 0. The molecule has 246 valence electrons. The molecule has 4 nitrogen and oxygen atoms in total. The number of para-hydroxylation sites is 6. The van der Waals surface area contributed by atoms with E-state index in [0.29, 0.717) is 13.0 Å². The van der Waals surface area contributed by atoms with E-state index in [1.54, 1.807) is 0 Å². The number of fused-ring (bicyclic) bond motifs is 10. The monoisotopic (exact) mass is 667 g/mol. The Labute approximate surface area is 300 Å². The van der Waals surface area contributed by atoms with Crippen LogP contribution < -0.4 is 4.74 Å². The first kappa shape index (κ1) is 29.0. The van der Waals surface area contributed by atoms with E-state index in [-0.39, 0.29) is 0 Å². The molecule has 0 unspecified atom stereocenters. The number of allylic oxidation sites excluding steroid dienone is 3. The SMILES string of the molecule is C1=C/C(n2c3ccccc3c3ccccc32)=C\Cc2cc(-n3c4ccccc4c4ccccc43)cc(-n3c4ccccc4c4ccccc43)c2OC1. The Morgan fingerprint density at radius 3 is 1.29 bits per heavy atom. The molecule has 52 heavy (non-hydrogen) atoms.